The van der Waals surface area contributed by atoms with E-state index in [1.807, 2.05) is 49.4 Å². The lowest BCUT2D eigenvalue weighted by atomic mass is 10.1. The Bertz CT molecular complexity index is 1100. The molecule has 2 heterocycles. The van der Waals surface area contributed by atoms with Gasteiger partial charge < -0.3 is 14.5 Å². The van der Waals surface area contributed by atoms with Crippen LogP contribution in [0.15, 0.2) is 54.6 Å². The van der Waals surface area contributed by atoms with E-state index in [1.165, 1.54) is 4.90 Å². The van der Waals surface area contributed by atoms with Crippen molar-refractivity contribution in [2.75, 3.05) is 38.3 Å². The van der Waals surface area contributed by atoms with E-state index in [4.69, 9.17) is 4.74 Å². The van der Waals surface area contributed by atoms with Crippen LogP contribution in [0.3, 0.4) is 0 Å². The Morgan fingerprint density at radius 1 is 0.969 bits per heavy atom. The summed E-state index contributed by atoms with van der Waals surface area (Å²) in [6.07, 6.45) is 0. The first-order valence-corrected chi connectivity index (χ1v) is 10.8. The summed E-state index contributed by atoms with van der Waals surface area (Å²) in [4.78, 5) is 29.7. The molecule has 0 bridgehead atoms. The minimum absolute atomic E-state index is 0.360. The maximum Gasteiger partial charge on any atom is 0.295 e. The fraction of sp³-hybridized carbons (Fsp3) is 0.320. The number of ether oxygens (including phenoxy) is 1. The van der Waals surface area contributed by atoms with Gasteiger partial charge in [0.15, 0.2) is 0 Å². The zero-order valence-corrected chi connectivity index (χ0v) is 18.7. The highest BCUT2D eigenvalue weighted by Gasteiger charge is 2.27. The number of ketones is 1. The van der Waals surface area contributed by atoms with Gasteiger partial charge in [0.05, 0.1) is 35.9 Å². The molecule has 0 spiro atoms. The van der Waals surface area contributed by atoms with Crippen LogP contribution in [0.5, 0.6) is 0 Å². The zero-order valence-electron chi connectivity index (χ0n) is 18.7. The van der Waals surface area contributed by atoms with Crippen LogP contribution in [-0.2, 0) is 16.1 Å². The minimum atomic E-state index is -0.541. The van der Waals surface area contributed by atoms with E-state index in [9.17, 15) is 9.59 Å². The number of aryl methyl sites for hydroxylation is 1. The molecule has 1 aromatic heterocycles. The van der Waals surface area contributed by atoms with Gasteiger partial charge in [-0.25, -0.2) is 4.68 Å². The number of para-hydroxylation sites is 1. The molecule has 0 N–H and O–H groups in total. The number of carbonyl (C=O) groups is 2. The predicted octanol–water partition coefficient (Wildman–Crippen LogP) is 3.17. The number of benzene rings is 2. The van der Waals surface area contributed by atoms with E-state index in [1.54, 1.807) is 18.7 Å². The van der Waals surface area contributed by atoms with Crippen LogP contribution in [0.4, 0.5) is 5.69 Å². The van der Waals surface area contributed by atoms with Gasteiger partial charge in [0.25, 0.3) is 11.7 Å². The molecule has 4 rings (SSSR count). The third-order valence-corrected chi connectivity index (χ3v) is 5.79. The molecule has 1 saturated heterocycles. The number of carbonyl (C=O) groups excluding carboxylic acids is 2. The standard InChI is InChI=1S/C25H28N4O3/c1-18-23(19(2)29(26-18)22-7-5-4-6-8-22)24(30)25(31)27(3)17-20-9-11-21(12-10-20)28-13-15-32-16-14-28/h4-12H,13-17H2,1-3H3. The van der Waals surface area contributed by atoms with E-state index < -0.39 is 11.7 Å². The molecule has 1 fully saturated rings. The van der Waals surface area contributed by atoms with Crippen molar-refractivity contribution in [2.24, 2.45) is 0 Å². The smallest absolute Gasteiger partial charge is 0.295 e. The Hall–Kier alpha value is -3.45. The van der Waals surface area contributed by atoms with Gasteiger partial charge in [-0.3, -0.25) is 9.59 Å². The Morgan fingerprint density at radius 2 is 1.62 bits per heavy atom. The fourth-order valence-electron chi connectivity index (χ4n) is 4.05. The van der Waals surface area contributed by atoms with Gasteiger partial charge in [0, 0.05) is 32.4 Å². The maximum atomic E-state index is 13.1. The van der Waals surface area contributed by atoms with Crippen LogP contribution in [0.25, 0.3) is 5.69 Å². The number of hydrogen-bond donors (Lipinski definition) is 0. The van der Waals surface area contributed by atoms with Gasteiger partial charge in [-0.15, -0.1) is 0 Å². The molecule has 2 aromatic carbocycles. The lowest BCUT2D eigenvalue weighted by molar-refractivity contribution is -0.125. The summed E-state index contributed by atoms with van der Waals surface area (Å²) in [5.41, 5.74) is 4.55. The molecular formula is C25H28N4O3. The molecule has 3 aromatic rings. The average Bonchev–Trinajstić information content (AvgIpc) is 3.13. The summed E-state index contributed by atoms with van der Waals surface area (Å²) in [6.45, 7) is 7.17. The van der Waals surface area contributed by atoms with Gasteiger partial charge in [-0.05, 0) is 43.7 Å². The molecule has 166 valence electrons. The van der Waals surface area contributed by atoms with Crippen molar-refractivity contribution in [3.63, 3.8) is 0 Å². The van der Waals surface area contributed by atoms with Crippen molar-refractivity contribution in [2.45, 2.75) is 20.4 Å². The summed E-state index contributed by atoms with van der Waals surface area (Å²) >= 11 is 0. The van der Waals surface area contributed by atoms with Crippen molar-refractivity contribution in [3.05, 3.63) is 77.1 Å². The summed E-state index contributed by atoms with van der Waals surface area (Å²) in [5.74, 6) is -1.07. The van der Waals surface area contributed by atoms with Gasteiger partial charge in [0.2, 0.25) is 0 Å². The maximum absolute atomic E-state index is 13.1. The second kappa shape index (κ2) is 9.36. The van der Waals surface area contributed by atoms with Crippen LogP contribution in [-0.4, -0.2) is 59.7 Å². The summed E-state index contributed by atoms with van der Waals surface area (Å²) in [5, 5.41) is 4.49. The highest BCUT2D eigenvalue weighted by molar-refractivity contribution is 6.43. The first-order chi connectivity index (χ1) is 15.5. The topological polar surface area (TPSA) is 67.7 Å². The number of aromatic nitrogens is 2. The van der Waals surface area contributed by atoms with E-state index in [0.717, 1.165) is 43.2 Å². The van der Waals surface area contributed by atoms with E-state index >= 15 is 0 Å². The normalized spacial score (nSPS) is 13.8. The fourth-order valence-corrected chi connectivity index (χ4v) is 4.05. The highest BCUT2D eigenvalue weighted by Crippen LogP contribution is 2.20. The van der Waals surface area contributed by atoms with E-state index in [0.29, 0.717) is 23.5 Å². The van der Waals surface area contributed by atoms with Crippen LogP contribution >= 0.6 is 0 Å². The predicted molar refractivity (Wildman–Crippen MR) is 123 cm³/mol. The third kappa shape index (κ3) is 4.43. The second-order valence-electron chi connectivity index (χ2n) is 8.05. The molecule has 0 saturated carbocycles. The van der Waals surface area contributed by atoms with Gasteiger partial charge in [-0.2, -0.15) is 5.10 Å². The average molecular weight is 433 g/mol. The SMILES string of the molecule is Cc1nn(-c2ccccc2)c(C)c1C(=O)C(=O)N(C)Cc1ccc(N2CCOCC2)cc1. The Labute approximate surface area is 188 Å². The lowest BCUT2D eigenvalue weighted by Crippen LogP contribution is -2.36. The number of Topliss-reactive ketones (excluding diaryl/α,β-unsaturated/α-hetero) is 1. The summed E-state index contributed by atoms with van der Waals surface area (Å²) in [7, 11) is 1.66. The molecule has 1 aliphatic heterocycles. The molecule has 1 aliphatic rings. The Balaban J connectivity index is 1.46. The lowest BCUT2D eigenvalue weighted by Gasteiger charge is -2.29. The largest absolute Gasteiger partial charge is 0.378 e. The van der Waals surface area contributed by atoms with Crippen molar-refractivity contribution in [3.8, 4) is 5.69 Å². The van der Waals surface area contributed by atoms with Crippen molar-refractivity contribution in [1.82, 2.24) is 14.7 Å². The molecule has 7 nitrogen and oxygen atoms in total. The zero-order chi connectivity index (χ0) is 22.7. The van der Waals surface area contributed by atoms with Crippen LogP contribution < -0.4 is 4.90 Å². The van der Waals surface area contributed by atoms with Gasteiger partial charge in [0.1, 0.15) is 0 Å². The molecule has 32 heavy (non-hydrogen) atoms. The number of nitrogens with zero attached hydrogens (tertiary/aromatic N) is 4. The van der Waals surface area contributed by atoms with Crippen molar-refractivity contribution >= 4 is 17.4 Å². The third-order valence-electron chi connectivity index (χ3n) is 5.79. The number of rotatable bonds is 6. The van der Waals surface area contributed by atoms with Gasteiger partial charge >= 0.3 is 0 Å². The van der Waals surface area contributed by atoms with Crippen LogP contribution in [0.1, 0.15) is 27.3 Å². The number of likely N-dealkylation sites (N-methyl/N-ethyl adjacent to an activating group) is 1. The molecule has 0 unspecified atom stereocenters. The monoisotopic (exact) mass is 432 g/mol. The molecule has 7 heteroatoms. The number of amides is 1. The minimum Gasteiger partial charge on any atom is -0.378 e. The van der Waals surface area contributed by atoms with Crippen LogP contribution in [0.2, 0.25) is 0 Å². The van der Waals surface area contributed by atoms with E-state index in [-0.39, 0.29) is 0 Å². The molecule has 0 atom stereocenters. The first kappa shape index (κ1) is 21.8. The molecular weight excluding hydrogens is 404 g/mol. The second-order valence-corrected chi connectivity index (χ2v) is 8.05. The van der Waals surface area contributed by atoms with Crippen LogP contribution in [0, 0.1) is 13.8 Å². The summed E-state index contributed by atoms with van der Waals surface area (Å²) in [6, 6.07) is 17.7. The first-order valence-electron chi connectivity index (χ1n) is 10.8. The highest BCUT2D eigenvalue weighted by atomic mass is 16.5. The number of hydrogen-bond acceptors (Lipinski definition) is 5. The molecule has 1 amide bonds. The van der Waals surface area contributed by atoms with Gasteiger partial charge in [-0.1, -0.05) is 30.3 Å². The summed E-state index contributed by atoms with van der Waals surface area (Å²) < 4.78 is 7.11. The number of anilines is 1. The Kier molecular flexibility index (Phi) is 6.37. The quantitative estimate of drug-likeness (QED) is 0.442. The molecule has 0 aliphatic carbocycles. The van der Waals surface area contributed by atoms with E-state index in [2.05, 4.69) is 22.1 Å². The van der Waals surface area contributed by atoms with Crippen molar-refractivity contribution in [1.29, 1.82) is 0 Å². The molecule has 0 radical (unpaired) electrons. The number of morpholine rings is 1. The Morgan fingerprint density at radius 3 is 2.28 bits per heavy atom. The van der Waals surface area contributed by atoms with Crippen molar-refractivity contribution < 1.29 is 14.3 Å².